The van der Waals surface area contributed by atoms with Gasteiger partial charge >= 0.3 is 6.03 Å². The summed E-state index contributed by atoms with van der Waals surface area (Å²) in [5.74, 6) is -3.79. The van der Waals surface area contributed by atoms with Gasteiger partial charge in [-0.2, -0.15) is 0 Å². The maximum Gasteiger partial charge on any atom is 0.324 e. The number of imide groups is 1. The predicted molar refractivity (Wildman–Crippen MR) is 79.2 cm³/mol. The van der Waals surface area contributed by atoms with Gasteiger partial charge in [0.15, 0.2) is 0 Å². The van der Waals surface area contributed by atoms with Crippen LogP contribution >= 0.6 is 0 Å². The molecule has 1 aromatic carbocycles. The molecular weight excluding hydrogens is 318 g/mol. The van der Waals surface area contributed by atoms with Crippen LogP contribution in [0.2, 0.25) is 0 Å². The number of ketones is 1. The Hall–Kier alpha value is -3.20. The highest BCUT2D eigenvalue weighted by Crippen LogP contribution is 2.37. The minimum Gasteiger partial charge on any atom is -0.507 e. The first-order valence-corrected chi connectivity index (χ1v) is 7.03. The second-order valence-corrected chi connectivity index (χ2v) is 5.22. The summed E-state index contributed by atoms with van der Waals surface area (Å²) in [6, 6.07) is 6.93. The first-order chi connectivity index (χ1) is 11.4. The van der Waals surface area contributed by atoms with Gasteiger partial charge in [-0.1, -0.05) is 30.3 Å². The summed E-state index contributed by atoms with van der Waals surface area (Å²) in [7, 11) is 0. The van der Waals surface area contributed by atoms with Crippen molar-refractivity contribution in [3.05, 3.63) is 41.5 Å². The first kappa shape index (κ1) is 15.7. The maximum absolute atomic E-state index is 12.4. The highest BCUT2D eigenvalue weighted by molar-refractivity contribution is 6.49. The molecule has 2 heterocycles. The molecule has 4 amide bonds. The van der Waals surface area contributed by atoms with Gasteiger partial charge in [-0.05, 0) is 0 Å². The van der Waals surface area contributed by atoms with Crippen LogP contribution in [0.1, 0.15) is 5.56 Å². The number of nitrogens with zero attached hydrogens (tertiary/aromatic N) is 1. The molecule has 0 aliphatic carbocycles. The quantitative estimate of drug-likeness (QED) is 0.240. The predicted octanol–water partition coefficient (Wildman–Crippen LogP) is -1.11. The Labute approximate surface area is 135 Å². The lowest BCUT2D eigenvalue weighted by atomic mass is 9.95. The monoisotopic (exact) mass is 331 g/mol. The van der Waals surface area contributed by atoms with E-state index in [9.17, 15) is 24.3 Å². The van der Waals surface area contributed by atoms with E-state index in [-0.39, 0.29) is 12.1 Å². The van der Waals surface area contributed by atoms with Crippen LogP contribution < -0.4 is 10.6 Å². The first-order valence-electron chi connectivity index (χ1n) is 7.03. The number of Topliss-reactive ketones (excluding diaryl/α,β-unsaturated/α-hetero) is 1. The zero-order valence-electron chi connectivity index (χ0n) is 12.3. The van der Waals surface area contributed by atoms with Crippen LogP contribution in [-0.4, -0.2) is 57.6 Å². The maximum atomic E-state index is 12.4. The van der Waals surface area contributed by atoms with Crippen molar-refractivity contribution in [2.45, 2.75) is 5.66 Å². The fourth-order valence-electron chi connectivity index (χ4n) is 2.88. The van der Waals surface area contributed by atoms with E-state index in [1.54, 1.807) is 18.2 Å². The van der Waals surface area contributed by atoms with E-state index in [2.05, 4.69) is 5.32 Å². The van der Waals surface area contributed by atoms with Crippen molar-refractivity contribution < 1.29 is 29.4 Å². The SMILES string of the molecule is O=C1NC(=O)C2(N1)C(=C(O)c1ccccc1)C(=O)C(=O)N2CCO. The van der Waals surface area contributed by atoms with Crippen LogP contribution in [-0.2, 0) is 14.4 Å². The number of hydrogen-bond donors (Lipinski definition) is 4. The van der Waals surface area contributed by atoms with Gasteiger partial charge in [0.05, 0.1) is 6.61 Å². The van der Waals surface area contributed by atoms with Gasteiger partial charge in [0.2, 0.25) is 5.66 Å². The minimum atomic E-state index is -2.17. The van der Waals surface area contributed by atoms with E-state index in [0.717, 1.165) is 4.90 Å². The van der Waals surface area contributed by atoms with Gasteiger partial charge in [-0.3, -0.25) is 24.6 Å². The van der Waals surface area contributed by atoms with Crippen LogP contribution in [0.3, 0.4) is 0 Å². The van der Waals surface area contributed by atoms with Gasteiger partial charge < -0.3 is 15.5 Å². The number of carbonyl (C=O) groups is 4. The number of nitrogens with one attached hydrogen (secondary N) is 2. The number of β-amino-alcohol motifs (C(OH)–C–C–N with tert-alkyl or cyclic N) is 1. The number of aliphatic hydroxyl groups excluding tert-OH is 2. The van der Waals surface area contributed by atoms with E-state index >= 15 is 0 Å². The second kappa shape index (κ2) is 5.46. The summed E-state index contributed by atoms with van der Waals surface area (Å²) >= 11 is 0. The summed E-state index contributed by atoms with van der Waals surface area (Å²) in [4.78, 5) is 49.4. The molecule has 124 valence electrons. The molecule has 9 heteroatoms. The van der Waals surface area contributed by atoms with E-state index in [0.29, 0.717) is 0 Å². The lowest BCUT2D eigenvalue weighted by Crippen LogP contribution is -2.59. The van der Waals surface area contributed by atoms with Gasteiger partial charge in [0, 0.05) is 12.1 Å². The highest BCUT2D eigenvalue weighted by Gasteiger charge is 2.65. The molecule has 9 nitrogen and oxygen atoms in total. The van der Waals surface area contributed by atoms with Crippen molar-refractivity contribution in [1.82, 2.24) is 15.5 Å². The lowest BCUT2D eigenvalue weighted by molar-refractivity contribution is -0.144. The number of aliphatic hydroxyl groups is 2. The molecule has 2 saturated heterocycles. The second-order valence-electron chi connectivity index (χ2n) is 5.22. The third-order valence-electron chi connectivity index (χ3n) is 3.89. The minimum absolute atomic E-state index is 0.202. The molecule has 0 radical (unpaired) electrons. The van der Waals surface area contributed by atoms with Crippen LogP contribution in [0.5, 0.6) is 0 Å². The average Bonchev–Trinajstić information content (AvgIpc) is 2.97. The fourth-order valence-corrected chi connectivity index (χ4v) is 2.88. The van der Waals surface area contributed by atoms with Crippen molar-refractivity contribution >= 4 is 29.4 Å². The van der Waals surface area contributed by atoms with Crippen LogP contribution in [0, 0.1) is 0 Å². The zero-order chi connectivity index (χ0) is 17.5. The Morgan fingerprint density at radius 2 is 1.79 bits per heavy atom. The summed E-state index contributed by atoms with van der Waals surface area (Å²) in [6.45, 7) is -0.910. The Balaban J connectivity index is 2.27. The molecule has 1 unspecified atom stereocenters. The summed E-state index contributed by atoms with van der Waals surface area (Å²) in [5.41, 5.74) is -2.52. The Morgan fingerprint density at radius 1 is 1.12 bits per heavy atom. The molecule has 1 spiro atoms. The molecule has 24 heavy (non-hydrogen) atoms. The van der Waals surface area contributed by atoms with Gasteiger partial charge in [-0.15, -0.1) is 0 Å². The topological polar surface area (TPSA) is 136 Å². The Bertz CT molecular complexity index is 788. The molecule has 2 aliphatic heterocycles. The number of carbonyl (C=O) groups excluding carboxylic acids is 4. The number of hydrogen-bond acceptors (Lipinski definition) is 6. The summed E-state index contributed by atoms with van der Waals surface area (Å²) in [6.07, 6.45) is 0. The molecule has 0 bridgehead atoms. The van der Waals surface area contributed by atoms with Crippen molar-refractivity contribution in [1.29, 1.82) is 0 Å². The van der Waals surface area contributed by atoms with E-state index < -0.39 is 47.2 Å². The highest BCUT2D eigenvalue weighted by atomic mass is 16.3. The van der Waals surface area contributed by atoms with Crippen LogP contribution in [0.15, 0.2) is 35.9 Å². The Morgan fingerprint density at radius 3 is 2.33 bits per heavy atom. The molecule has 0 saturated carbocycles. The molecule has 2 fully saturated rings. The Kier molecular flexibility index (Phi) is 3.57. The fraction of sp³-hybridized carbons (Fsp3) is 0.200. The van der Waals surface area contributed by atoms with Crippen molar-refractivity contribution in [3.8, 4) is 0 Å². The molecule has 3 rings (SSSR count). The van der Waals surface area contributed by atoms with Crippen LogP contribution in [0.25, 0.3) is 5.76 Å². The number of likely N-dealkylation sites (tertiary alicyclic amines) is 1. The van der Waals surface area contributed by atoms with E-state index in [1.165, 1.54) is 12.1 Å². The zero-order valence-corrected chi connectivity index (χ0v) is 12.3. The van der Waals surface area contributed by atoms with Crippen molar-refractivity contribution in [3.63, 3.8) is 0 Å². The average molecular weight is 331 g/mol. The van der Waals surface area contributed by atoms with Gasteiger partial charge in [-0.25, -0.2) is 4.79 Å². The van der Waals surface area contributed by atoms with Gasteiger partial charge in [0.1, 0.15) is 11.3 Å². The molecule has 2 aliphatic rings. The van der Waals surface area contributed by atoms with E-state index in [4.69, 9.17) is 5.11 Å². The van der Waals surface area contributed by atoms with Crippen molar-refractivity contribution in [2.24, 2.45) is 0 Å². The molecule has 4 N–H and O–H groups in total. The molecule has 0 aromatic heterocycles. The molecular formula is C15H13N3O6. The summed E-state index contributed by atoms with van der Waals surface area (Å²) in [5, 5.41) is 23.8. The molecule has 1 atom stereocenters. The number of urea groups is 1. The molecule has 1 aromatic rings. The van der Waals surface area contributed by atoms with Crippen LogP contribution in [0.4, 0.5) is 4.79 Å². The number of rotatable bonds is 3. The number of benzene rings is 1. The normalized spacial score (nSPS) is 25.3. The third-order valence-corrected chi connectivity index (χ3v) is 3.89. The van der Waals surface area contributed by atoms with E-state index in [1.807, 2.05) is 5.32 Å². The van der Waals surface area contributed by atoms with Gasteiger partial charge in [0.25, 0.3) is 17.6 Å². The third kappa shape index (κ3) is 1.98. The standard InChI is InChI=1S/C15H13N3O6/c19-7-6-18-12(22)11(21)9(10(20)8-4-2-1-3-5-8)15(18)13(23)16-14(24)17-15/h1-5,19-20H,6-7H2,(H2,16,17,23,24). The lowest BCUT2D eigenvalue weighted by Gasteiger charge is -2.31. The smallest absolute Gasteiger partial charge is 0.324 e. The largest absolute Gasteiger partial charge is 0.507 e. The number of amides is 4. The summed E-state index contributed by atoms with van der Waals surface area (Å²) < 4.78 is 0. The van der Waals surface area contributed by atoms with Crippen molar-refractivity contribution in [2.75, 3.05) is 13.2 Å².